The molecule has 3 rings (SSSR count). The van der Waals surface area contributed by atoms with Crippen LogP contribution in [0, 0.1) is 0 Å². The SMILES string of the molecule is F[B-](F)(F)Cn1c2ccccc2c2ccccc21.[K+]. The van der Waals surface area contributed by atoms with E-state index in [1.807, 2.05) is 24.3 Å². The first-order chi connectivity index (χ1) is 8.56. The average Bonchev–Trinajstić information content (AvgIpc) is 2.64. The number of para-hydroxylation sites is 2. The minimum atomic E-state index is -4.85. The summed E-state index contributed by atoms with van der Waals surface area (Å²) in [6, 6.07) is 14.4. The van der Waals surface area contributed by atoms with Gasteiger partial charge in [0.25, 0.3) is 0 Å². The molecular weight excluding hydrogens is 277 g/mol. The number of rotatable bonds is 2. The fourth-order valence-electron chi connectivity index (χ4n) is 2.41. The van der Waals surface area contributed by atoms with E-state index in [9.17, 15) is 12.9 Å². The summed E-state index contributed by atoms with van der Waals surface area (Å²) in [5.41, 5.74) is 1.27. The number of hydrogen-bond acceptors (Lipinski definition) is 0. The fourth-order valence-corrected chi connectivity index (χ4v) is 2.41. The molecule has 6 heteroatoms. The van der Waals surface area contributed by atoms with Crippen molar-refractivity contribution in [1.29, 1.82) is 0 Å². The Morgan fingerprint density at radius 1 is 0.789 bits per heavy atom. The molecule has 0 spiro atoms. The van der Waals surface area contributed by atoms with Crippen molar-refractivity contribution in [1.82, 2.24) is 4.57 Å². The van der Waals surface area contributed by atoms with Crippen LogP contribution >= 0.6 is 0 Å². The molecule has 0 unspecified atom stereocenters. The van der Waals surface area contributed by atoms with E-state index in [0.717, 1.165) is 10.8 Å². The third-order valence-electron chi connectivity index (χ3n) is 3.07. The summed E-state index contributed by atoms with van der Waals surface area (Å²) in [6.45, 7) is -4.85. The van der Waals surface area contributed by atoms with Crippen LogP contribution < -0.4 is 51.4 Å². The van der Waals surface area contributed by atoms with E-state index < -0.39 is 13.4 Å². The zero-order valence-corrected chi connectivity index (χ0v) is 13.6. The third-order valence-corrected chi connectivity index (χ3v) is 3.07. The number of hydrogen-bond donors (Lipinski definition) is 0. The van der Waals surface area contributed by atoms with Gasteiger partial charge in [-0.05, 0) is 18.6 Å². The topological polar surface area (TPSA) is 4.93 Å². The van der Waals surface area contributed by atoms with Gasteiger partial charge in [0, 0.05) is 21.8 Å². The molecule has 0 aliphatic rings. The van der Waals surface area contributed by atoms with Crippen LogP contribution in [-0.2, 0) is 6.44 Å². The Morgan fingerprint density at radius 3 is 1.63 bits per heavy atom. The fraction of sp³-hybridized carbons (Fsp3) is 0.0769. The Labute approximate surface area is 151 Å². The van der Waals surface area contributed by atoms with Crippen LogP contribution in [0.1, 0.15) is 0 Å². The Morgan fingerprint density at radius 2 is 1.21 bits per heavy atom. The minimum Gasteiger partial charge on any atom is -0.448 e. The van der Waals surface area contributed by atoms with E-state index in [1.54, 1.807) is 24.3 Å². The summed E-state index contributed by atoms with van der Waals surface area (Å²) >= 11 is 0. The molecule has 0 aliphatic heterocycles. The van der Waals surface area contributed by atoms with Crippen molar-refractivity contribution in [3.8, 4) is 0 Å². The standard InChI is InChI=1S/C13H10BF3N.K/c15-14(16,17)9-18-12-7-3-1-5-10(12)11-6-2-4-8-13(11)18;/h1-8H,9H2;/q-1;+1. The Kier molecular flexibility index (Phi) is 4.47. The zero-order chi connectivity index (χ0) is 12.8. The van der Waals surface area contributed by atoms with Crippen molar-refractivity contribution in [2.75, 3.05) is 0 Å². The molecule has 0 saturated heterocycles. The van der Waals surface area contributed by atoms with Gasteiger partial charge in [0.15, 0.2) is 0 Å². The van der Waals surface area contributed by atoms with Gasteiger partial charge in [0.1, 0.15) is 0 Å². The van der Waals surface area contributed by atoms with E-state index in [-0.39, 0.29) is 51.4 Å². The largest absolute Gasteiger partial charge is 1.00 e. The third kappa shape index (κ3) is 2.93. The summed E-state index contributed by atoms with van der Waals surface area (Å²) in [5, 5.41) is 1.74. The summed E-state index contributed by atoms with van der Waals surface area (Å²) in [4.78, 5) is 0. The molecule has 0 fully saturated rings. The van der Waals surface area contributed by atoms with E-state index in [2.05, 4.69) is 0 Å². The molecule has 19 heavy (non-hydrogen) atoms. The predicted molar refractivity (Wildman–Crippen MR) is 68.5 cm³/mol. The molecule has 92 valence electrons. The monoisotopic (exact) mass is 287 g/mol. The molecule has 0 saturated carbocycles. The second kappa shape index (κ2) is 5.62. The number of aromatic nitrogens is 1. The average molecular weight is 287 g/mol. The summed E-state index contributed by atoms with van der Waals surface area (Å²) in [6.07, 6.45) is -0.895. The first-order valence-electron chi connectivity index (χ1n) is 5.73. The van der Waals surface area contributed by atoms with Gasteiger partial charge in [-0.25, -0.2) is 0 Å². The van der Waals surface area contributed by atoms with Crippen molar-refractivity contribution >= 4 is 28.8 Å². The summed E-state index contributed by atoms with van der Waals surface area (Å²) in [7, 11) is 0. The Bertz CT molecular complexity index is 667. The number of benzene rings is 2. The number of halogens is 3. The van der Waals surface area contributed by atoms with Crippen LogP contribution in [0.15, 0.2) is 48.5 Å². The molecule has 0 atom stereocenters. The molecule has 1 aromatic heterocycles. The number of nitrogens with zero attached hydrogens (tertiary/aromatic N) is 1. The van der Waals surface area contributed by atoms with Gasteiger partial charge in [-0.1, -0.05) is 36.4 Å². The van der Waals surface area contributed by atoms with Gasteiger partial charge in [0.2, 0.25) is 0 Å². The van der Waals surface area contributed by atoms with Crippen LogP contribution in [0.4, 0.5) is 12.9 Å². The van der Waals surface area contributed by atoms with E-state index in [0.29, 0.717) is 11.0 Å². The summed E-state index contributed by atoms with van der Waals surface area (Å²) in [5.74, 6) is 0. The smallest absolute Gasteiger partial charge is 0.448 e. The quantitative estimate of drug-likeness (QED) is 0.624. The Hall–Kier alpha value is -0.269. The molecule has 1 heterocycles. The molecular formula is C13H10BF3KN. The van der Waals surface area contributed by atoms with Crippen molar-refractivity contribution in [3.05, 3.63) is 48.5 Å². The van der Waals surface area contributed by atoms with Gasteiger partial charge in [-0.2, -0.15) is 0 Å². The van der Waals surface area contributed by atoms with Gasteiger partial charge in [-0.15, -0.1) is 0 Å². The van der Waals surface area contributed by atoms with Gasteiger partial charge < -0.3 is 17.5 Å². The maximum Gasteiger partial charge on any atom is 1.00 e. The van der Waals surface area contributed by atoms with E-state index in [1.165, 1.54) is 4.57 Å². The zero-order valence-electron chi connectivity index (χ0n) is 10.5. The number of fused-ring (bicyclic) bond motifs is 3. The molecule has 1 nitrogen and oxygen atoms in total. The van der Waals surface area contributed by atoms with Crippen molar-refractivity contribution in [2.24, 2.45) is 0 Å². The van der Waals surface area contributed by atoms with E-state index in [4.69, 9.17) is 0 Å². The van der Waals surface area contributed by atoms with Gasteiger partial charge in [-0.3, -0.25) is 0 Å². The first-order valence-corrected chi connectivity index (χ1v) is 5.73. The molecule has 3 aromatic rings. The van der Waals surface area contributed by atoms with Crippen LogP contribution in [0.5, 0.6) is 0 Å². The van der Waals surface area contributed by atoms with Crippen LogP contribution in [0.25, 0.3) is 21.8 Å². The maximum absolute atomic E-state index is 12.7. The molecule has 2 aromatic carbocycles. The van der Waals surface area contributed by atoms with E-state index >= 15 is 0 Å². The van der Waals surface area contributed by atoms with Crippen molar-refractivity contribution in [2.45, 2.75) is 6.44 Å². The van der Waals surface area contributed by atoms with Gasteiger partial charge in [0.05, 0.1) is 0 Å². The predicted octanol–water partition coefficient (Wildman–Crippen LogP) is 1.19. The second-order valence-corrected chi connectivity index (χ2v) is 4.36. The molecule has 0 bridgehead atoms. The normalized spacial score (nSPS) is 11.7. The van der Waals surface area contributed by atoms with Crippen molar-refractivity contribution < 1.29 is 64.3 Å². The maximum atomic E-state index is 12.7. The summed E-state index contributed by atoms with van der Waals surface area (Å²) < 4.78 is 39.5. The van der Waals surface area contributed by atoms with Crippen LogP contribution in [-0.4, -0.2) is 11.5 Å². The Balaban J connectivity index is 0.00000133. The van der Waals surface area contributed by atoms with Crippen molar-refractivity contribution in [3.63, 3.8) is 0 Å². The van der Waals surface area contributed by atoms with Crippen LogP contribution in [0.3, 0.4) is 0 Å². The van der Waals surface area contributed by atoms with Gasteiger partial charge >= 0.3 is 58.4 Å². The molecule has 0 amide bonds. The molecule has 0 aliphatic carbocycles. The van der Waals surface area contributed by atoms with Crippen LogP contribution in [0.2, 0.25) is 0 Å². The molecule has 0 N–H and O–H groups in total. The second-order valence-electron chi connectivity index (χ2n) is 4.36. The minimum absolute atomic E-state index is 0. The first kappa shape index (κ1) is 15.1. The molecule has 0 radical (unpaired) electrons.